The van der Waals surface area contributed by atoms with Gasteiger partial charge in [-0.2, -0.15) is 0 Å². The topological polar surface area (TPSA) is 78.0 Å². The number of anilines is 1. The number of amides is 4. The molecule has 0 aliphatic carbocycles. The highest BCUT2D eigenvalue weighted by Gasteiger charge is 2.28. The van der Waals surface area contributed by atoms with Crippen LogP contribution in [0.1, 0.15) is 35.6 Å². The molecule has 0 radical (unpaired) electrons. The molecule has 1 aromatic heterocycles. The van der Waals surface area contributed by atoms with Crippen LogP contribution < -0.4 is 5.32 Å². The normalized spacial score (nSPS) is 18.9. The number of fused-ring (bicyclic) bond motifs is 1. The second kappa shape index (κ2) is 9.35. The Balaban J connectivity index is 1.12. The molecule has 0 bridgehead atoms. The second-order valence-corrected chi connectivity index (χ2v) is 8.81. The van der Waals surface area contributed by atoms with Gasteiger partial charge in [0, 0.05) is 38.4 Å². The standard InChI is InChI=1S/C24H28FN5O3/c25-20-13-19-15-30(16-22(19)26-14-20)23(31)27-21-3-1-17(2-4-21)18-5-7-28(8-6-18)24(32)29-9-11-33-12-10-29/h1-4,13-14,18H,5-12,15-16H2,(H,27,31). The first-order chi connectivity index (χ1) is 16.1. The molecule has 2 aromatic rings. The molecule has 1 aromatic carbocycles. The predicted octanol–water partition coefficient (Wildman–Crippen LogP) is 3.40. The highest BCUT2D eigenvalue weighted by Crippen LogP contribution is 2.30. The van der Waals surface area contributed by atoms with Crippen molar-refractivity contribution in [2.45, 2.75) is 31.8 Å². The van der Waals surface area contributed by atoms with Crippen LogP contribution in [-0.4, -0.2) is 71.1 Å². The zero-order valence-electron chi connectivity index (χ0n) is 18.5. The van der Waals surface area contributed by atoms with Crippen molar-refractivity contribution in [3.8, 4) is 0 Å². The van der Waals surface area contributed by atoms with Gasteiger partial charge in [-0.15, -0.1) is 0 Å². The molecule has 1 N–H and O–H groups in total. The monoisotopic (exact) mass is 453 g/mol. The molecule has 174 valence electrons. The number of pyridine rings is 1. The Kier molecular flexibility index (Phi) is 6.13. The van der Waals surface area contributed by atoms with Gasteiger partial charge in [0.25, 0.3) is 0 Å². The van der Waals surface area contributed by atoms with Crippen molar-refractivity contribution in [2.75, 3.05) is 44.7 Å². The molecule has 5 rings (SSSR count). The number of hydrogen-bond acceptors (Lipinski definition) is 4. The van der Waals surface area contributed by atoms with Gasteiger partial charge in [0.2, 0.25) is 0 Å². The highest BCUT2D eigenvalue weighted by molar-refractivity contribution is 5.89. The van der Waals surface area contributed by atoms with E-state index in [1.165, 1.54) is 17.8 Å². The number of piperidine rings is 1. The van der Waals surface area contributed by atoms with Crippen LogP contribution in [0, 0.1) is 5.82 Å². The maximum absolute atomic E-state index is 13.4. The van der Waals surface area contributed by atoms with Crippen LogP contribution in [0.4, 0.5) is 19.7 Å². The Bertz CT molecular complexity index is 1020. The van der Waals surface area contributed by atoms with Crippen LogP contribution in [0.5, 0.6) is 0 Å². The van der Waals surface area contributed by atoms with E-state index >= 15 is 0 Å². The Morgan fingerprint density at radius 1 is 0.970 bits per heavy atom. The summed E-state index contributed by atoms with van der Waals surface area (Å²) < 4.78 is 18.7. The maximum Gasteiger partial charge on any atom is 0.322 e. The zero-order valence-corrected chi connectivity index (χ0v) is 18.5. The highest BCUT2D eigenvalue weighted by atomic mass is 19.1. The predicted molar refractivity (Wildman–Crippen MR) is 120 cm³/mol. The largest absolute Gasteiger partial charge is 0.378 e. The van der Waals surface area contributed by atoms with E-state index in [1.54, 1.807) is 4.90 Å². The third-order valence-corrected chi connectivity index (χ3v) is 6.70. The number of hydrogen-bond donors (Lipinski definition) is 1. The quantitative estimate of drug-likeness (QED) is 0.756. The smallest absolute Gasteiger partial charge is 0.322 e. The number of aromatic nitrogens is 1. The van der Waals surface area contributed by atoms with E-state index in [9.17, 15) is 14.0 Å². The summed E-state index contributed by atoms with van der Waals surface area (Å²) in [4.78, 5) is 34.8. The minimum atomic E-state index is -0.386. The van der Waals surface area contributed by atoms with E-state index in [1.807, 2.05) is 21.9 Å². The summed E-state index contributed by atoms with van der Waals surface area (Å²) in [5, 5.41) is 2.92. The molecule has 33 heavy (non-hydrogen) atoms. The Morgan fingerprint density at radius 3 is 2.39 bits per heavy atom. The second-order valence-electron chi connectivity index (χ2n) is 8.81. The number of urea groups is 2. The molecule has 3 aliphatic heterocycles. The maximum atomic E-state index is 13.4. The Labute approximate surface area is 192 Å². The van der Waals surface area contributed by atoms with Crippen LogP contribution in [0.2, 0.25) is 0 Å². The third-order valence-electron chi connectivity index (χ3n) is 6.70. The number of ether oxygens (including phenoxy) is 1. The lowest BCUT2D eigenvalue weighted by molar-refractivity contribution is 0.0411. The van der Waals surface area contributed by atoms with Crippen molar-refractivity contribution < 1.29 is 18.7 Å². The average molecular weight is 454 g/mol. The van der Waals surface area contributed by atoms with Crippen molar-refractivity contribution in [1.29, 1.82) is 0 Å². The first kappa shape index (κ1) is 21.6. The summed E-state index contributed by atoms with van der Waals surface area (Å²) in [7, 11) is 0. The fraction of sp³-hybridized carbons (Fsp3) is 0.458. The first-order valence-corrected chi connectivity index (χ1v) is 11.5. The van der Waals surface area contributed by atoms with Gasteiger partial charge in [-0.05, 0) is 48.1 Å². The van der Waals surface area contributed by atoms with E-state index in [2.05, 4.69) is 22.4 Å². The van der Waals surface area contributed by atoms with Crippen molar-refractivity contribution in [3.63, 3.8) is 0 Å². The van der Waals surface area contributed by atoms with Crippen LogP contribution >= 0.6 is 0 Å². The molecule has 0 saturated carbocycles. The Hall–Kier alpha value is -3.20. The number of likely N-dealkylation sites (tertiary alicyclic amines) is 1. The van der Waals surface area contributed by atoms with Gasteiger partial charge in [-0.25, -0.2) is 14.0 Å². The summed E-state index contributed by atoms with van der Waals surface area (Å²) in [5.41, 5.74) is 3.43. The molecule has 0 atom stereocenters. The molecule has 8 nitrogen and oxygen atoms in total. The molecular weight excluding hydrogens is 425 g/mol. The van der Waals surface area contributed by atoms with Gasteiger partial charge in [0.15, 0.2) is 0 Å². The van der Waals surface area contributed by atoms with Gasteiger partial charge in [0.1, 0.15) is 5.82 Å². The molecule has 2 saturated heterocycles. The lowest BCUT2D eigenvalue weighted by atomic mass is 9.89. The number of carbonyl (C=O) groups is 2. The van der Waals surface area contributed by atoms with Gasteiger partial charge in [-0.3, -0.25) is 4.98 Å². The number of nitrogens with zero attached hydrogens (tertiary/aromatic N) is 4. The minimum absolute atomic E-state index is 0.122. The molecule has 4 heterocycles. The van der Waals surface area contributed by atoms with Crippen LogP contribution in [0.3, 0.4) is 0 Å². The summed E-state index contributed by atoms with van der Waals surface area (Å²) >= 11 is 0. The van der Waals surface area contributed by atoms with E-state index in [0.29, 0.717) is 45.3 Å². The zero-order chi connectivity index (χ0) is 22.8. The number of nitrogens with one attached hydrogen (secondary N) is 1. The number of rotatable bonds is 2. The summed E-state index contributed by atoms with van der Waals surface area (Å²) in [6, 6.07) is 9.27. The van der Waals surface area contributed by atoms with Crippen molar-refractivity contribution in [1.82, 2.24) is 19.7 Å². The van der Waals surface area contributed by atoms with Gasteiger partial charge in [0.05, 0.1) is 31.6 Å². The first-order valence-electron chi connectivity index (χ1n) is 11.5. The van der Waals surface area contributed by atoms with Crippen molar-refractivity contribution >= 4 is 17.7 Å². The lowest BCUT2D eigenvalue weighted by Crippen LogP contribution is -2.50. The van der Waals surface area contributed by atoms with E-state index in [0.717, 1.165) is 42.9 Å². The molecule has 9 heteroatoms. The third kappa shape index (κ3) is 4.78. The molecule has 3 aliphatic rings. The number of morpholine rings is 1. The van der Waals surface area contributed by atoms with Gasteiger partial charge < -0.3 is 24.8 Å². The number of carbonyl (C=O) groups excluding carboxylic acids is 2. The fourth-order valence-electron chi connectivity index (χ4n) is 4.77. The summed E-state index contributed by atoms with van der Waals surface area (Å²) in [6.45, 7) is 4.81. The molecular formula is C24H28FN5O3. The number of halogens is 1. The van der Waals surface area contributed by atoms with Crippen LogP contribution in [0.25, 0.3) is 0 Å². The Morgan fingerprint density at radius 2 is 1.67 bits per heavy atom. The average Bonchev–Trinajstić information content (AvgIpc) is 3.28. The van der Waals surface area contributed by atoms with Crippen LogP contribution in [-0.2, 0) is 17.8 Å². The molecule has 2 fully saturated rings. The summed E-state index contributed by atoms with van der Waals surface area (Å²) in [6.07, 6.45) is 3.04. The lowest BCUT2D eigenvalue weighted by Gasteiger charge is -2.37. The van der Waals surface area contributed by atoms with Crippen LogP contribution in [0.15, 0.2) is 36.5 Å². The SMILES string of the molecule is O=C(Nc1ccc(C2CCN(C(=O)N3CCOCC3)CC2)cc1)N1Cc2cc(F)cnc2C1. The van der Waals surface area contributed by atoms with Gasteiger partial charge >= 0.3 is 12.1 Å². The van der Waals surface area contributed by atoms with E-state index in [-0.39, 0.29) is 17.9 Å². The van der Waals surface area contributed by atoms with Gasteiger partial charge in [-0.1, -0.05) is 12.1 Å². The van der Waals surface area contributed by atoms with E-state index in [4.69, 9.17) is 4.74 Å². The van der Waals surface area contributed by atoms with Crippen molar-refractivity contribution in [2.24, 2.45) is 0 Å². The van der Waals surface area contributed by atoms with E-state index < -0.39 is 0 Å². The molecule has 4 amide bonds. The fourth-order valence-corrected chi connectivity index (χ4v) is 4.77. The molecule has 0 spiro atoms. The number of benzene rings is 1. The summed E-state index contributed by atoms with van der Waals surface area (Å²) in [5.74, 6) is 0.0143. The van der Waals surface area contributed by atoms with Crippen molar-refractivity contribution in [3.05, 3.63) is 59.2 Å². The molecule has 0 unspecified atom stereocenters. The minimum Gasteiger partial charge on any atom is -0.378 e.